The zero-order chi connectivity index (χ0) is 19.0. The van der Waals surface area contributed by atoms with Crippen LogP contribution in [-0.4, -0.2) is 27.7 Å². The van der Waals surface area contributed by atoms with Gasteiger partial charge >= 0.3 is 0 Å². The van der Waals surface area contributed by atoms with Crippen molar-refractivity contribution >= 4 is 46.0 Å². The van der Waals surface area contributed by atoms with Crippen LogP contribution < -0.4 is 15.4 Å². The van der Waals surface area contributed by atoms with Gasteiger partial charge in [0.25, 0.3) is 0 Å². The molecule has 0 aliphatic carbocycles. The lowest BCUT2D eigenvalue weighted by Gasteiger charge is -2.27. The summed E-state index contributed by atoms with van der Waals surface area (Å²) in [6.07, 6.45) is 0.668. The van der Waals surface area contributed by atoms with Gasteiger partial charge in [0.15, 0.2) is 0 Å². The Hall–Kier alpha value is -3.00. The van der Waals surface area contributed by atoms with Crippen LogP contribution >= 0.6 is 11.7 Å². The van der Waals surface area contributed by atoms with E-state index in [0.29, 0.717) is 30.0 Å². The number of nitrogens with zero attached hydrogens (tertiary/aromatic N) is 2. The van der Waals surface area contributed by atoms with Crippen molar-refractivity contribution in [2.45, 2.75) is 25.7 Å². The number of fused-ring (bicyclic) bond motifs is 2. The van der Waals surface area contributed by atoms with Crippen molar-refractivity contribution in [2.24, 2.45) is 0 Å². The van der Waals surface area contributed by atoms with E-state index in [4.69, 9.17) is 4.74 Å². The van der Waals surface area contributed by atoms with E-state index in [0.717, 1.165) is 33.9 Å². The SMILES string of the molecule is CCC(=O)Nc1cc2c(cc1OC)C(c1cccc3nsnc13)CC(=O)N2. The first-order chi connectivity index (χ1) is 13.1. The number of benzene rings is 2. The zero-order valence-corrected chi connectivity index (χ0v) is 15.7. The Labute approximate surface area is 160 Å². The van der Waals surface area contributed by atoms with Gasteiger partial charge in [0.05, 0.1) is 24.5 Å². The molecule has 8 heteroatoms. The predicted molar refractivity (Wildman–Crippen MR) is 104 cm³/mol. The Morgan fingerprint density at radius 1 is 1.33 bits per heavy atom. The van der Waals surface area contributed by atoms with Gasteiger partial charge in [-0.3, -0.25) is 9.59 Å². The first-order valence-corrected chi connectivity index (χ1v) is 9.36. The topological polar surface area (TPSA) is 93.2 Å². The smallest absolute Gasteiger partial charge is 0.225 e. The van der Waals surface area contributed by atoms with Gasteiger partial charge in [-0.1, -0.05) is 19.1 Å². The van der Waals surface area contributed by atoms with Gasteiger partial charge in [-0.05, 0) is 29.3 Å². The maximum atomic E-state index is 12.4. The minimum absolute atomic E-state index is 0.0781. The second-order valence-corrected chi connectivity index (χ2v) is 6.85. The minimum atomic E-state index is -0.161. The normalized spacial score (nSPS) is 15.9. The number of nitrogens with one attached hydrogen (secondary N) is 2. The summed E-state index contributed by atoms with van der Waals surface area (Å²) in [5.41, 5.74) is 4.74. The van der Waals surface area contributed by atoms with Gasteiger partial charge in [0.2, 0.25) is 11.8 Å². The lowest BCUT2D eigenvalue weighted by molar-refractivity contribution is -0.117. The summed E-state index contributed by atoms with van der Waals surface area (Å²) in [5, 5.41) is 5.73. The zero-order valence-electron chi connectivity index (χ0n) is 14.9. The van der Waals surface area contributed by atoms with Crippen molar-refractivity contribution in [2.75, 3.05) is 17.7 Å². The number of methoxy groups -OCH3 is 1. The number of amides is 2. The minimum Gasteiger partial charge on any atom is -0.495 e. The van der Waals surface area contributed by atoms with Crippen LogP contribution in [0.25, 0.3) is 11.0 Å². The van der Waals surface area contributed by atoms with Gasteiger partial charge in [-0.15, -0.1) is 0 Å². The maximum absolute atomic E-state index is 12.4. The average Bonchev–Trinajstić information content (AvgIpc) is 3.15. The molecule has 0 spiro atoms. The van der Waals surface area contributed by atoms with Crippen LogP contribution in [0.3, 0.4) is 0 Å². The Morgan fingerprint density at radius 2 is 2.19 bits per heavy atom. The molecule has 2 N–H and O–H groups in total. The van der Waals surface area contributed by atoms with E-state index >= 15 is 0 Å². The highest BCUT2D eigenvalue weighted by Crippen LogP contribution is 2.43. The van der Waals surface area contributed by atoms with E-state index in [1.54, 1.807) is 20.1 Å². The van der Waals surface area contributed by atoms with Crippen LogP contribution in [-0.2, 0) is 9.59 Å². The fourth-order valence-corrected chi connectivity index (χ4v) is 3.94. The molecule has 0 saturated heterocycles. The summed E-state index contributed by atoms with van der Waals surface area (Å²) in [4.78, 5) is 24.2. The van der Waals surface area contributed by atoms with Crippen molar-refractivity contribution in [3.8, 4) is 5.75 Å². The van der Waals surface area contributed by atoms with Crippen LogP contribution in [0.4, 0.5) is 11.4 Å². The molecule has 4 rings (SSSR count). The fourth-order valence-electron chi connectivity index (χ4n) is 3.38. The number of anilines is 2. The summed E-state index contributed by atoms with van der Waals surface area (Å²) in [6.45, 7) is 1.78. The number of ether oxygens (including phenoxy) is 1. The van der Waals surface area contributed by atoms with Gasteiger partial charge < -0.3 is 15.4 Å². The average molecular weight is 382 g/mol. The van der Waals surface area contributed by atoms with E-state index in [-0.39, 0.29) is 17.7 Å². The fraction of sp³-hybridized carbons (Fsp3) is 0.263. The molecule has 1 aliphatic rings. The molecule has 1 unspecified atom stereocenters. The molecule has 3 aromatic rings. The number of rotatable bonds is 4. The van der Waals surface area contributed by atoms with Crippen molar-refractivity contribution in [1.29, 1.82) is 0 Å². The van der Waals surface area contributed by atoms with Gasteiger partial charge in [-0.25, -0.2) is 0 Å². The molecule has 1 aromatic heterocycles. The van der Waals surface area contributed by atoms with Gasteiger partial charge in [-0.2, -0.15) is 8.75 Å². The molecule has 138 valence electrons. The van der Waals surface area contributed by atoms with Crippen molar-refractivity contribution in [3.05, 3.63) is 41.5 Å². The molecule has 0 bridgehead atoms. The molecule has 0 fully saturated rings. The molecule has 2 heterocycles. The number of carbonyl (C=O) groups excluding carboxylic acids is 2. The van der Waals surface area contributed by atoms with E-state index in [1.165, 1.54) is 0 Å². The molecular weight excluding hydrogens is 364 g/mol. The van der Waals surface area contributed by atoms with Crippen LogP contribution in [0, 0.1) is 0 Å². The van der Waals surface area contributed by atoms with Crippen LogP contribution in [0.1, 0.15) is 36.8 Å². The van der Waals surface area contributed by atoms with E-state index in [9.17, 15) is 9.59 Å². The van der Waals surface area contributed by atoms with E-state index in [2.05, 4.69) is 19.4 Å². The summed E-state index contributed by atoms with van der Waals surface area (Å²) >= 11 is 1.16. The Bertz CT molecular complexity index is 1050. The third-order valence-corrected chi connectivity index (χ3v) is 5.24. The Morgan fingerprint density at radius 3 is 2.96 bits per heavy atom. The highest BCUT2D eigenvalue weighted by Gasteiger charge is 2.30. The summed E-state index contributed by atoms with van der Waals surface area (Å²) in [5.74, 6) is 0.197. The molecule has 7 nitrogen and oxygen atoms in total. The largest absolute Gasteiger partial charge is 0.495 e. The molecule has 0 saturated carbocycles. The van der Waals surface area contributed by atoms with Crippen molar-refractivity contribution in [1.82, 2.24) is 8.75 Å². The monoisotopic (exact) mass is 382 g/mol. The van der Waals surface area contributed by atoms with Crippen molar-refractivity contribution < 1.29 is 14.3 Å². The molecule has 2 amide bonds. The van der Waals surface area contributed by atoms with Gasteiger partial charge in [0, 0.05) is 24.4 Å². The quantitative estimate of drug-likeness (QED) is 0.720. The van der Waals surface area contributed by atoms with Crippen LogP contribution in [0.5, 0.6) is 5.75 Å². The molecule has 2 aromatic carbocycles. The molecule has 0 radical (unpaired) electrons. The van der Waals surface area contributed by atoms with Crippen LogP contribution in [0.2, 0.25) is 0 Å². The second-order valence-electron chi connectivity index (χ2n) is 6.33. The second kappa shape index (κ2) is 6.96. The Balaban J connectivity index is 1.85. The highest BCUT2D eigenvalue weighted by atomic mass is 32.1. The maximum Gasteiger partial charge on any atom is 0.225 e. The van der Waals surface area contributed by atoms with Crippen molar-refractivity contribution in [3.63, 3.8) is 0 Å². The van der Waals surface area contributed by atoms with E-state index < -0.39 is 0 Å². The summed E-state index contributed by atoms with van der Waals surface area (Å²) < 4.78 is 14.2. The standard InChI is InChI=1S/C19H18N4O3S/c1-3-17(24)21-15-9-14-12(7-16(15)26-2)11(8-18(25)20-14)10-5-4-6-13-19(10)23-27-22-13/h4-7,9,11H,3,8H2,1-2H3,(H,20,25)(H,21,24). The van der Waals surface area contributed by atoms with Crippen LogP contribution in [0.15, 0.2) is 30.3 Å². The summed E-state index contributed by atoms with van der Waals surface area (Å²) in [6, 6.07) is 9.46. The van der Waals surface area contributed by atoms with E-state index in [1.807, 2.05) is 24.3 Å². The molecule has 27 heavy (non-hydrogen) atoms. The number of hydrogen-bond donors (Lipinski definition) is 2. The predicted octanol–water partition coefficient (Wildman–Crippen LogP) is 3.52. The third-order valence-electron chi connectivity index (χ3n) is 4.70. The van der Waals surface area contributed by atoms with Gasteiger partial charge in [0.1, 0.15) is 16.8 Å². The molecular formula is C19H18N4O3S. The number of aromatic nitrogens is 2. The number of carbonyl (C=O) groups is 2. The highest BCUT2D eigenvalue weighted by molar-refractivity contribution is 7.00. The lowest BCUT2D eigenvalue weighted by Crippen LogP contribution is -2.24. The summed E-state index contributed by atoms with van der Waals surface area (Å²) in [7, 11) is 1.56. The lowest BCUT2D eigenvalue weighted by atomic mass is 9.84. The first-order valence-electron chi connectivity index (χ1n) is 8.63. The number of hydrogen-bond acceptors (Lipinski definition) is 6. The third kappa shape index (κ3) is 3.12. The molecule has 1 aliphatic heterocycles. The Kier molecular flexibility index (Phi) is 4.49. The molecule has 1 atom stereocenters. The first kappa shape index (κ1) is 17.4.